The van der Waals surface area contributed by atoms with Crippen LogP contribution in [0.25, 0.3) is 0 Å². The first kappa shape index (κ1) is 15.1. The molecule has 4 nitrogen and oxygen atoms in total. The third-order valence-electron chi connectivity index (χ3n) is 5.26. The molecule has 1 saturated heterocycles. The standard InChI is InChI=1S/C20H23N3O/c1-14-9-10-16(12-15(14)2)21-20(24)23-13-17-6-5-11-22(17)18-7-3-4-8-19(18)23/h3-4,7-10,12,17H,5-6,11,13H2,1-2H3,(H,21,24). The number of urea groups is 1. The third kappa shape index (κ3) is 2.52. The van der Waals surface area contributed by atoms with E-state index in [-0.39, 0.29) is 6.03 Å². The Morgan fingerprint density at radius 1 is 1.08 bits per heavy atom. The lowest BCUT2D eigenvalue weighted by atomic mass is 10.1. The minimum absolute atomic E-state index is 0.0442. The van der Waals surface area contributed by atoms with Gasteiger partial charge in [-0.15, -0.1) is 0 Å². The minimum atomic E-state index is -0.0442. The van der Waals surface area contributed by atoms with Gasteiger partial charge in [0, 0.05) is 24.8 Å². The van der Waals surface area contributed by atoms with Gasteiger partial charge < -0.3 is 10.2 Å². The van der Waals surface area contributed by atoms with Gasteiger partial charge in [0.15, 0.2) is 0 Å². The number of benzene rings is 2. The Kier molecular flexibility index (Phi) is 3.68. The lowest BCUT2D eigenvalue weighted by molar-refractivity contribution is 0.256. The molecule has 1 fully saturated rings. The van der Waals surface area contributed by atoms with Gasteiger partial charge >= 0.3 is 6.03 Å². The predicted molar refractivity (Wildman–Crippen MR) is 99.1 cm³/mol. The number of anilines is 3. The number of hydrogen-bond acceptors (Lipinski definition) is 2. The Hall–Kier alpha value is -2.49. The molecule has 24 heavy (non-hydrogen) atoms. The van der Waals surface area contributed by atoms with Gasteiger partial charge in [-0.1, -0.05) is 18.2 Å². The van der Waals surface area contributed by atoms with Crippen LogP contribution in [0.15, 0.2) is 42.5 Å². The first-order valence-corrected chi connectivity index (χ1v) is 8.65. The highest BCUT2D eigenvalue weighted by molar-refractivity contribution is 6.04. The van der Waals surface area contributed by atoms with Crippen LogP contribution in [-0.4, -0.2) is 25.2 Å². The number of aryl methyl sites for hydroxylation is 2. The summed E-state index contributed by atoms with van der Waals surface area (Å²) in [5.41, 5.74) is 5.47. The lowest BCUT2D eigenvalue weighted by Gasteiger charge is -2.40. The van der Waals surface area contributed by atoms with E-state index in [9.17, 15) is 4.79 Å². The Morgan fingerprint density at radius 2 is 1.88 bits per heavy atom. The molecule has 0 saturated carbocycles. The first-order valence-electron chi connectivity index (χ1n) is 8.65. The Morgan fingerprint density at radius 3 is 2.67 bits per heavy atom. The van der Waals surface area contributed by atoms with Crippen molar-refractivity contribution in [2.45, 2.75) is 32.7 Å². The van der Waals surface area contributed by atoms with Crippen LogP contribution in [0.2, 0.25) is 0 Å². The van der Waals surface area contributed by atoms with Crippen molar-refractivity contribution in [1.82, 2.24) is 0 Å². The third-order valence-corrected chi connectivity index (χ3v) is 5.26. The molecule has 0 bridgehead atoms. The zero-order valence-electron chi connectivity index (χ0n) is 14.2. The fraction of sp³-hybridized carbons (Fsp3) is 0.350. The quantitative estimate of drug-likeness (QED) is 0.849. The summed E-state index contributed by atoms with van der Waals surface area (Å²) >= 11 is 0. The van der Waals surface area contributed by atoms with Crippen LogP contribution in [0.3, 0.4) is 0 Å². The van der Waals surface area contributed by atoms with E-state index >= 15 is 0 Å². The van der Waals surface area contributed by atoms with Gasteiger partial charge in [0.05, 0.1) is 11.4 Å². The monoisotopic (exact) mass is 321 g/mol. The molecule has 124 valence electrons. The van der Waals surface area contributed by atoms with Crippen LogP contribution in [-0.2, 0) is 0 Å². The summed E-state index contributed by atoms with van der Waals surface area (Å²) in [6, 6.07) is 14.7. The summed E-state index contributed by atoms with van der Waals surface area (Å²) in [6.45, 7) is 6.00. The van der Waals surface area contributed by atoms with E-state index in [1.54, 1.807) is 0 Å². The Bertz CT molecular complexity index is 786. The molecule has 2 aromatic carbocycles. The molecule has 2 amide bonds. The topological polar surface area (TPSA) is 35.6 Å². The van der Waals surface area contributed by atoms with E-state index in [0.29, 0.717) is 6.04 Å². The maximum atomic E-state index is 12.9. The summed E-state index contributed by atoms with van der Waals surface area (Å²) in [5.74, 6) is 0. The van der Waals surface area contributed by atoms with Crippen LogP contribution in [0.4, 0.5) is 21.9 Å². The number of rotatable bonds is 1. The lowest BCUT2D eigenvalue weighted by Crippen LogP contribution is -2.49. The number of carbonyl (C=O) groups excluding carboxylic acids is 1. The molecule has 4 heteroatoms. The summed E-state index contributed by atoms with van der Waals surface area (Å²) in [5, 5.41) is 3.07. The fourth-order valence-corrected chi connectivity index (χ4v) is 3.79. The van der Waals surface area contributed by atoms with Crippen molar-refractivity contribution >= 4 is 23.1 Å². The SMILES string of the molecule is Cc1ccc(NC(=O)N2CC3CCCN3c3ccccc32)cc1C. The summed E-state index contributed by atoms with van der Waals surface area (Å²) in [4.78, 5) is 17.3. The smallest absolute Gasteiger partial charge is 0.326 e. The second-order valence-corrected chi connectivity index (χ2v) is 6.82. The summed E-state index contributed by atoms with van der Waals surface area (Å²) in [6.07, 6.45) is 2.35. The molecular weight excluding hydrogens is 298 g/mol. The van der Waals surface area contributed by atoms with Gasteiger partial charge in [-0.3, -0.25) is 4.90 Å². The Balaban J connectivity index is 1.62. The first-order chi connectivity index (χ1) is 11.6. The largest absolute Gasteiger partial charge is 0.365 e. The highest BCUT2D eigenvalue weighted by Crippen LogP contribution is 2.39. The van der Waals surface area contributed by atoms with Gasteiger partial charge in [0.25, 0.3) is 0 Å². The van der Waals surface area contributed by atoms with Crippen molar-refractivity contribution in [3.05, 3.63) is 53.6 Å². The molecule has 1 unspecified atom stereocenters. The molecule has 0 aliphatic carbocycles. The van der Waals surface area contributed by atoms with E-state index in [1.807, 2.05) is 35.2 Å². The average Bonchev–Trinajstić information content (AvgIpc) is 3.06. The predicted octanol–water partition coefficient (Wildman–Crippen LogP) is 4.32. The van der Waals surface area contributed by atoms with Crippen LogP contribution >= 0.6 is 0 Å². The normalized spacial score (nSPS) is 19.0. The second kappa shape index (κ2) is 5.86. The average molecular weight is 321 g/mol. The van der Waals surface area contributed by atoms with Crippen LogP contribution in [0.1, 0.15) is 24.0 Å². The molecule has 0 radical (unpaired) electrons. The van der Waals surface area contributed by atoms with Gasteiger partial charge in [-0.05, 0) is 62.1 Å². The molecule has 4 rings (SSSR count). The van der Waals surface area contributed by atoms with E-state index in [2.05, 4.69) is 36.2 Å². The van der Waals surface area contributed by atoms with Crippen LogP contribution in [0, 0.1) is 13.8 Å². The molecule has 2 aromatic rings. The number of hydrogen-bond donors (Lipinski definition) is 1. The molecular formula is C20H23N3O. The number of fused-ring (bicyclic) bond motifs is 3. The van der Waals surface area contributed by atoms with Gasteiger partial charge in [-0.2, -0.15) is 0 Å². The molecule has 1 atom stereocenters. The van der Waals surface area contributed by atoms with Gasteiger partial charge in [0.1, 0.15) is 0 Å². The molecule has 2 heterocycles. The number of amides is 2. The van der Waals surface area contributed by atoms with Crippen LogP contribution in [0.5, 0.6) is 0 Å². The van der Waals surface area contributed by atoms with Crippen molar-refractivity contribution in [3.8, 4) is 0 Å². The van der Waals surface area contributed by atoms with E-state index in [1.165, 1.54) is 23.2 Å². The molecule has 2 aliphatic rings. The zero-order chi connectivity index (χ0) is 16.7. The van der Waals surface area contributed by atoms with E-state index in [0.717, 1.165) is 30.9 Å². The van der Waals surface area contributed by atoms with Crippen molar-refractivity contribution in [2.24, 2.45) is 0 Å². The number of para-hydroxylation sites is 2. The maximum Gasteiger partial charge on any atom is 0.326 e. The van der Waals surface area contributed by atoms with Crippen molar-refractivity contribution in [2.75, 3.05) is 28.2 Å². The maximum absolute atomic E-state index is 12.9. The second-order valence-electron chi connectivity index (χ2n) is 6.82. The van der Waals surface area contributed by atoms with Crippen LogP contribution < -0.4 is 15.1 Å². The van der Waals surface area contributed by atoms with Crippen molar-refractivity contribution < 1.29 is 4.79 Å². The van der Waals surface area contributed by atoms with E-state index < -0.39 is 0 Å². The van der Waals surface area contributed by atoms with Crippen molar-refractivity contribution in [1.29, 1.82) is 0 Å². The van der Waals surface area contributed by atoms with Crippen molar-refractivity contribution in [3.63, 3.8) is 0 Å². The molecule has 0 aromatic heterocycles. The number of nitrogens with zero attached hydrogens (tertiary/aromatic N) is 2. The number of carbonyl (C=O) groups is 1. The van der Waals surface area contributed by atoms with E-state index in [4.69, 9.17) is 0 Å². The van der Waals surface area contributed by atoms with Gasteiger partial charge in [-0.25, -0.2) is 4.79 Å². The number of nitrogens with one attached hydrogen (secondary N) is 1. The molecule has 0 spiro atoms. The summed E-state index contributed by atoms with van der Waals surface area (Å²) in [7, 11) is 0. The summed E-state index contributed by atoms with van der Waals surface area (Å²) < 4.78 is 0. The Labute approximate surface area is 143 Å². The molecule has 2 aliphatic heterocycles. The highest BCUT2D eigenvalue weighted by atomic mass is 16.2. The minimum Gasteiger partial charge on any atom is -0.365 e. The molecule has 1 N–H and O–H groups in total. The fourth-order valence-electron chi connectivity index (χ4n) is 3.79. The highest BCUT2D eigenvalue weighted by Gasteiger charge is 2.36. The van der Waals surface area contributed by atoms with Gasteiger partial charge in [0.2, 0.25) is 0 Å². The zero-order valence-corrected chi connectivity index (χ0v) is 14.2.